The maximum absolute atomic E-state index is 3.61. The molecule has 0 spiro atoms. The van der Waals surface area contributed by atoms with Gasteiger partial charge in [-0.3, -0.25) is 0 Å². The Balaban J connectivity index is 1.93. The van der Waals surface area contributed by atoms with Gasteiger partial charge < -0.3 is 5.32 Å². The average Bonchev–Trinajstić information content (AvgIpc) is 3.19. The predicted octanol–water partition coefficient (Wildman–Crippen LogP) is 4.22. The average molecular weight is 251 g/mol. The fourth-order valence-corrected chi connectivity index (χ4v) is 2.63. The number of hydrogen-bond acceptors (Lipinski definition) is 1. The van der Waals surface area contributed by atoms with E-state index in [2.05, 4.69) is 61.6 Å². The summed E-state index contributed by atoms with van der Waals surface area (Å²) in [7, 11) is 0. The fourth-order valence-electron chi connectivity index (χ4n) is 2.63. The van der Waals surface area contributed by atoms with E-state index >= 15 is 0 Å². The lowest BCUT2D eigenvalue weighted by atomic mass is 9.96. The molecule has 0 heterocycles. The SMILES string of the molecule is Cc1cc(C)cc(-c2ccccc2CNC2CC2)c1. The second-order valence-corrected chi connectivity index (χ2v) is 5.69. The second kappa shape index (κ2) is 5.18. The summed E-state index contributed by atoms with van der Waals surface area (Å²) in [5, 5.41) is 3.61. The molecule has 0 aromatic heterocycles. The highest BCUT2D eigenvalue weighted by molar-refractivity contribution is 5.68. The highest BCUT2D eigenvalue weighted by Gasteiger charge is 2.20. The molecule has 0 saturated heterocycles. The van der Waals surface area contributed by atoms with E-state index in [1.54, 1.807) is 0 Å². The minimum Gasteiger partial charge on any atom is -0.310 e. The molecule has 1 nitrogen and oxygen atoms in total. The molecular formula is C18H21N. The molecule has 2 aromatic carbocycles. The van der Waals surface area contributed by atoms with E-state index in [1.807, 2.05) is 0 Å². The van der Waals surface area contributed by atoms with Crippen LogP contribution in [0.25, 0.3) is 11.1 Å². The molecule has 2 aromatic rings. The molecule has 3 rings (SSSR count). The van der Waals surface area contributed by atoms with E-state index in [0.29, 0.717) is 0 Å². The Bertz CT molecular complexity index is 562. The van der Waals surface area contributed by atoms with Gasteiger partial charge in [0.15, 0.2) is 0 Å². The van der Waals surface area contributed by atoms with Gasteiger partial charge in [0, 0.05) is 12.6 Å². The standard InChI is InChI=1S/C18H21N/c1-13-9-14(2)11-16(10-13)18-6-4-3-5-15(18)12-19-17-7-8-17/h3-6,9-11,17,19H,7-8,12H2,1-2H3. The van der Waals surface area contributed by atoms with E-state index < -0.39 is 0 Å². The first-order valence-electron chi connectivity index (χ1n) is 7.12. The van der Waals surface area contributed by atoms with Crippen molar-refractivity contribution in [1.29, 1.82) is 0 Å². The zero-order valence-corrected chi connectivity index (χ0v) is 11.7. The molecule has 1 aliphatic rings. The molecule has 0 atom stereocenters. The molecule has 98 valence electrons. The summed E-state index contributed by atoms with van der Waals surface area (Å²) in [4.78, 5) is 0. The monoisotopic (exact) mass is 251 g/mol. The van der Waals surface area contributed by atoms with Gasteiger partial charge in [0.1, 0.15) is 0 Å². The van der Waals surface area contributed by atoms with Crippen LogP contribution in [0.15, 0.2) is 42.5 Å². The van der Waals surface area contributed by atoms with Crippen molar-refractivity contribution in [2.75, 3.05) is 0 Å². The molecule has 1 N–H and O–H groups in total. The lowest BCUT2D eigenvalue weighted by Crippen LogP contribution is -2.15. The van der Waals surface area contributed by atoms with Crippen molar-refractivity contribution in [1.82, 2.24) is 5.32 Å². The molecule has 0 bridgehead atoms. The Morgan fingerprint density at radius 3 is 2.37 bits per heavy atom. The Labute approximate surface area is 115 Å². The molecule has 0 radical (unpaired) electrons. The highest BCUT2D eigenvalue weighted by Crippen LogP contribution is 2.27. The third-order valence-electron chi connectivity index (χ3n) is 3.71. The van der Waals surface area contributed by atoms with E-state index in [9.17, 15) is 0 Å². The van der Waals surface area contributed by atoms with Gasteiger partial charge in [0.05, 0.1) is 0 Å². The molecule has 1 saturated carbocycles. The molecule has 19 heavy (non-hydrogen) atoms. The molecule has 1 fully saturated rings. The molecule has 1 heteroatoms. The molecule has 0 unspecified atom stereocenters. The van der Waals surface area contributed by atoms with Crippen LogP contribution in [0.1, 0.15) is 29.5 Å². The van der Waals surface area contributed by atoms with Crippen molar-refractivity contribution < 1.29 is 0 Å². The molecular weight excluding hydrogens is 230 g/mol. The van der Waals surface area contributed by atoms with Crippen LogP contribution in [0.5, 0.6) is 0 Å². The van der Waals surface area contributed by atoms with Crippen LogP contribution in [0, 0.1) is 13.8 Å². The molecule has 1 aliphatic carbocycles. The summed E-state index contributed by atoms with van der Waals surface area (Å²) in [5.41, 5.74) is 6.77. The van der Waals surface area contributed by atoms with Crippen LogP contribution in [-0.2, 0) is 6.54 Å². The van der Waals surface area contributed by atoms with Crippen molar-refractivity contribution >= 4 is 0 Å². The molecule has 0 amide bonds. The van der Waals surface area contributed by atoms with Crippen molar-refractivity contribution in [3.63, 3.8) is 0 Å². The van der Waals surface area contributed by atoms with Gasteiger partial charge in [-0.1, -0.05) is 53.6 Å². The second-order valence-electron chi connectivity index (χ2n) is 5.69. The fraction of sp³-hybridized carbons (Fsp3) is 0.333. The first-order chi connectivity index (χ1) is 9.22. The lowest BCUT2D eigenvalue weighted by Gasteiger charge is -2.12. The van der Waals surface area contributed by atoms with Gasteiger partial charge in [-0.05, 0) is 43.4 Å². The van der Waals surface area contributed by atoms with Crippen molar-refractivity contribution in [2.24, 2.45) is 0 Å². The van der Waals surface area contributed by atoms with E-state index in [1.165, 1.54) is 40.7 Å². The first-order valence-corrected chi connectivity index (χ1v) is 7.12. The third-order valence-corrected chi connectivity index (χ3v) is 3.71. The normalized spacial score (nSPS) is 14.6. The van der Waals surface area contributed by atoms with Crippen molar-refractivity contribution in [3.8, 4) is 11.1 Å². The van der Waals surface area contributed by atoms with Crippen LogP contribution in [-0.4, -0.2) is 6.04 Å². The number of rotatable bonds is 4. The Morgan fingerprint density at radius 2 is 1.68 bits per heavy atom. The first kappa shape index (κ1) is 12.4. The minimum atomic E-state index is 0.757. The number of aryl methyl sites for hydroxylation is 2. The maximum Gasteiger partial charge on any atom is 0.0214 e. The van der Waals surface area contributed by atoms with E-state index in [4.69, 9.17) is 0 Å². The van der Waals surface area contributed by atoms with Crippen LogP contribution < -0.4 is 5.32 Å². The van der Waals surface area contributed by atoms with Crippen LogP contribution >= 0.6 is 0 Å². The summed E-state index contributed by atoms with van der Waals surface area (Å²) in [5.74, 6) is 0. The van der Waals surface area contributed by atoms with Crippen LogP contribution in [0.2, 0.25) is 0 Å². The molecule has 0 aliphatic heterocycles. The topological polar surface area (TPSA) is 12.0 Å². The summed E-state index contributed by atoms with van der Waals surface area (Å²) >= 11 is 0. The zero-order chi connectivity index (χ0) is 13.2. The largest absolute Gasteiger partial charge is 0.310 e. The van der Waals surface area contributed by atoms with Crippen molar-refractivity contribution in [3.05, 3.63) is 59.2 Å². The van der Waals surface area contributed by atoms with Crippen molar-refractivity contribution in [2.45, 2.75) is 39.3 Å². The lowest BCUT2D eigenvalue weighted by molar-refractivity contribution is 0.689. The Kier molecular flexibility index (Phi) is 3.39. The van der Waals surface area contributed by atoms with Gasteiger partial charge in [-0.2, -0.15) is 0 Å². The highest BCUT2D eigenvalue weighted by atomic mass is 14.9. The summed E-state index contributed by atoms with van der Waals surface area (Å²) in [6.07, 6.45) is 2.68. The van der Waals surface area contributed by atoms with Gasteiger partial charge in [0.25, 0.3) is 0 Å². The van der Waals surface area contributed by atoms with Gasteiger partial charge >= 0.3 is 0 Å². The van der Waals surface area contributed by atoms with Gasteiger partial charge in [-0.15, -0.1) is 0 Å². The van der Waals surface area contributed by atoms with Crippen LogP contribution in [0.4, 0.5) is 0 Å². The van der Waals surface area contributed by atoms with Crippen LogP contribution in [0.3, 0.4) is 0 Å². The number of hydrogen-bond donors (Lipinski definition) is 1. The van der Waals surface area contributed by atoms with Gasteiger partial charge in [-0.25, -0.2) is 0 Å². The Morgan fingerprint density at radius 1 is 1.00 bits per heavy atom. The zero-order valence-electron chi connectivity index (χ0n) is 11.7. The third kappa shape index (κ3) is 3.05. The number of benzene rings is 2. The van der Waals surface area contributed by atoms with E-state index in [-0.39, 0.29) is 0 Å². The number of nitrogens with one attached hydrogen (secondary N) is 1. The minimum absolute atomic E-state index is 0.757. The predicted molar refractivity (Wildman–Crippen MR) is 81.2 cm³/mol. The van der Waals surface area contributed by atoms with E-state index in [0.717, 1.165) is 12.6 Å². The Hall–Kier alpha value is -1.60. The smallest absolute Gasteiger partial charge is 0.0214 e. The summed E-state index contributed by atoms with van der Waals surface area (Å²) in [6, 6.07) is 16.3. The summed E-state index contributed by atoms with van der Waals surface area (Å²) in [6.45, 7) is 5.32. The summed E-state index contributed by atoms with van der Waals surface area (Å²) < 4.78 is 0. The quantitative estimate of drug-likeness (QED) is 0.857. The van der Waals surface area contributed by atoms with Gasteiger partial charge in [0.2, 0.25) is 0 Å². The maximum atomic E-state index is 3.61.